The van der Waals surface area contributed by atoms with E-state index < -0.39 is 0 Å². The summed E-state index contributed by atoms with van der Waals surface area (Å²) in [5.74, 6) is 1.58. The number of fused-ring (bicyclic) bond motifs is 3. The van der Waals surface area contributed by atoms with Gasteiger partial charge in [-0.25, -0.2) is 4.98 Å². The summed E-state index contributed by atoms with van der Waals surface area (Å²) in [6.07, 6.45) is 3.83. The first-order chi connectivity index (χ1) is 21.5. The first-order valence-electron chi connectivity index (χ1n) is 16.4. The molecule has 45 heavy (non-hydrogen) atoms. The van der Waals surface area contributed by atoms with Crippen LogP contribution in [0.2, 0.25) is 0 Å². The highest BCUT2D eigenvalue weighted by Crippen LogP contribution is 2.30. The zero-order chi connectivity index (χ0) is 32.1. The molecule has 0 bridgehead atoms. The number of aryl methyl sites for hydroxylation is 1. The predicted octanol–water partition coefficient (Wildman–Crippen LogP) is 7.12. The smallest absolute Gasteiger partial charge is 0.223 e. The summed E-state index contributed by atoms with van der Waals surface area (Å²) in [6.45, 7) is 15.6. The van der Waals surface area contributed by atoms with Crippen molar-refractivity contribution in [3.63, 3.8) is 0 Å². The third-order valence-corrected chi connectivity index (χ3v) is 9.51. The highest BCUT2D eigenvalue weighted by Gasteiger charge is 2.30. The minimum absolute atomic E-state index is 0.0496. The van der Waals surface area contributed by atoms with Gasteiger partial charge in [0.05, 0.1) is 5.52 Å². The van der Waals surface area contributed by atoms with Crippen LogP contribution in [0.25, 0.3) is 22.1 Å². The van der Waals surface area contributed by atoms with Crippen molar-refractivity contribution < 1.29 is 9.59 Å². The Bertz CT molecular complexity index is 1630. The number of unbranched alkanes of at least 4 members (excludes halogenated alkanes) is 1. The molecule has 2 aromatic heterocycles. The summed E-state index contributed by atoms with van der Waals surface area (Å²) >= 11 is 1.60. The molecule has 1 aliphatic heterocycles. The van der Waals surface area contributed by atoms with E-state index in [9.17, 15) is 9.59 Å². The molecule has 2 aromatic carbocycles. The van der Waals surface area contributed by atoms with Gasteiger partial charge >= 0.3 is 0 Å². The number of aromatic nitrogens is 4. The lowest BCUT2D eigenvalue weighted by molar-refractivity contribution is -0.143. The van der Waals surface area contributed by atoms with E-state index in [1.54, 1.807) is 11.8 Å². The molecule has 0 saturated carbocycles. The van der Waals surface area contributed by atoms with Gasteiger partial charge in [-0.3, -0.25) is 9.59 Å². The van der Waals surface area contributed by atoms with Crippen LogP contribution < -0.4 is 0 Å². The van der Waals surface area contributed by atoms with E-state index >= 15 is 0 Å². The quantitative estimate of drug-likeness (QED) is 0.130. The number of thioether (sulfide) groups is 1. The van der Waals surface area contributed by atoms with Gasteiger partial charge in [-0.2, -0.15) is 0 Å². The van der Waals surface area contributed by atoms with E-state index in [0.717, 1.165) is 47.1 Å². The van der Waals surface area contributed by atoms with Gasteiger partial charge in [-0.1, -0.05) is 81.4 Å². The lowest BCUT2D eigenvalue weighted by atomic mass is 9.84. The molecule has 4 aromatic rings. The maximum atomic E-state index is 13.0. The van der Waals surface area contributed by atoms with E-state index in [1.165, 1.54) is 11.1 Å². The zero-order valence-corrected chi connectivity index (χ0v) is 28.6. The molecular weight excluding hydrogens is 581 g/mol. The summed E-state index contributed by atoms with van der Waals surface area (Å²) in [5, 5.41) is 10.8. The van der Waals surface area contributed by atoms with Gasteiger partial charge in [0, 0.05) is 56.2 Å². The van der Waals surface area contributed by atoms with Crippen LogP contribution in [0.3, 0.4) is 0 Å². The Labute approximate surface area is 272 Å². The summed E-state index contributed by atoms with van der Waals surface area (Å²) in [7, 11) is 0. The lowest BCUT2D eigenvalue weighted by Crippen LogP contribution is -2.55. The first kappa shape index (κ1) is 32.9. The van der Waals surface area contributed by atoms with Crippen molar-refractivity contribution >= 4 is 45.6 Å². The molecule has 0 spiro atoms. The van der Waals surface area contributed by atoms with Crippen LogP contribution in [0.1, 0.15) is 77.8 Å². The maximum absolute atomic E-state index is 13.0. The molecule has 0 aliphatic carbocycles. The Morgan fingerprint density at radius 2 is 1.80 bits per heavy atom. The molecule has 1 fully saturated rings. The maximum Gasteiger partial charge on any atom is 0.223 e. The molecule has 9 heteroatoms. The number of hydrogen-bond acceptors (Lipinski definition) is 6. The molecule has 3 heterocycles. The zero-order valence-electron chi connectivity index (χ0n) is 27.8. The molecule has 5 rings (SSSR count). The van der Waals surface area contributed by atoms with Gasteiger partial charge in [-0.05, 0) is 62.1 Å². The SMILES string of the molecule is Cc1ccc2c(c1)c1nnc(SCCCCC(=O)N3CCN(C(=O)CC(C)CC(C)(C)C)C(C)C3)nc1n2Cc1ccccc1. The summed E-state index contributed by atoms with van der Waals surface area (Å²) in [5.41, 5.74) is 5.40. The average Bonchev–Trinajstić information content (AvgIpc) is 3.27. The van der Waals surface area contributed by atoms with Crippen LogP contribution in [-0.2, 0) is 16.1 Å². The second-order valence-electron chi connectivity index (χ2n) is 14.0. The second-order valence-corrected chi connectivity index (χ2v) is 15.1. The van der Waals surface area contributed by atoms with Crippen LogP contribution >= 0.6 is 11.8 Å². The minimum Gasteiger partial charge on any atom is -0.339 e. The number of piperazine rings is 1. The molecule has 1 aliphatic rings. The topological polar surface area (TPSA) is 84.2 Å². The Balaban J connectivity index is 1.11. The number of carbonyl (C=O) groups is 2. The van der Waals surface area contributed by atoms with Gasteiger partial charge in [0.25, 0.3) is 0 Å². The van der Waals surface area contributed by atoms with Gasteiger partial charge in [0.2, 0.25) is 17.0 Å². The molecule has 2 unspecified atom stereocenters. The Morgan fingerprint density at radius 1 is 1.02 bits per heavy atom. The number of amides is 2. The summed E-state index contributed by atoms with van der Waals surface area (Å²) in [6, 6.07) is 16.9. The van der Waals surface area contributed by atoms with Crippen LogP contribution in [-0.4, -0.2) is 72.8 Å². The van der Waals surface area contributed by atoms with Crippen LogP contribution in [0, 0.1) is 18.3 Å². The Morgan fingerprint density at radius 3 is 2.53 bits per heavy atom. The van der Waals surface area contributed by atoms with Gasteiger partial charge in [-0.15, -0.1) is 10.2 Å². The molecule has 0 radical (unpaired) electrons. The van der Waals surface area contributed by atoms with Crippen molar-refractivity contribution in [2.45, 2.75) is 91.4 Å². The van der Waals surface area contributed by atoms with Crippen molar-refractivity contribution in [3.8, 4) is 0 Å². The minimum atomic E-state index is 0.0496. The fourth-order valence-electron chi connectivity index (χ4n) is 6.63. The van der Waals surface area contributed by atoms with E-state index in [0.29, 0.717) is 50.1 Å². The number of rotatable bonds is 11. The van der Waals surface area contributed by atoms with E-state index in [1.807, 2.05) is 15.9 Å². The second kappa shape index (κ2) is 14.3. The predicted molar refractivity (Wildman–Crippen MR) is 183 cm³/mol. The molecule has 1 saturated heterocycles. The van der Waals surface area contributed by atoms with E-state index in [2.05, 4.69) is 98.8 Å². The Hall–Kier alpha value is -3.46. The molecule has 2 amide bonds. The lowest BCUT2D eigenvalue weighted by Gasteiger charge is -2.40. The average molecular weight is 629 g/mol. The standard InChI is InChI=1S/C36H48N6O2S/c1-25-15-16-30-29(20-25)33-34(42(30)24-28-12-8-7-9-13-28)37-35(39-38-33)45-19-11-10-14-31(43)40-17-18-41(27(3)23-40)32(44)21-26(2)22-36(4,5)6/h7-9,12-13,15-16,20,26-27H,10-11,14,17-19,21-24H2,1-6H3. The molecule has 240 valence electrons. The van der Waals surface area contributed by atoms with Gasteiger partial charge in [0.15, 0.2) is 5.65 Å². The highest BCUT2D eigenvalue weighted by atomic mass is 32.2. The van der Waals surface area contributed by atoms with Crippen molar-refractivity contribution in [1.82, 2.24) is 29.5 Å². The molecular formula is C36H48N6O2S. The monoisotopic (exact) mass is 628 g/mol. The third-order valence-electron chi connectivity index (χ3n) is 8.59. The fraction of sp³-hybridized carbons (Fsp3) is 0.528. The Kier molecular flexibility index (Phi) is 10.5. The van der Waals surface area contributed by atoms with Crippen LogP contribution in [0.4, 0.5) is 0 Å². The van der Waals surface area contributed by atoms with Gasteiger partial charge in [0.1, 0.15) is 5.52 Å². The van der Waals surface area contributed by atoms with Crippen LogP contribution in [0.15, 0.2) is 53.7 Å². The van der Waals surface area contributed by atoms with Gasteiger partial charge < -0.3 is 14.4 Å². The largest absolute Gasteiger partial charge is 0.339 e. The van der Waals surface area contributed by atoms with Crippen molar-refractivity contribution in [1.29, 1.82) is 0 Å². The number of hydrogen-bond donors (Lipinski definition) is 0. The van der Waals surface area contributed by atoms with Crippen LogP contribution in [0.5, 0.6) is 0 Å². The highest BCUT2D eigenvalue weighted by molar-refractivity contribution is 7.99. The summed E-state index contributed by atoms with van der Waals surface area (Å²) in [4.78, 5) is 34.9. The first-order valence-corrected chi connectivity index (χ1v) is 17.3. The molecule has 2 atom stereocenters. The third kappa shape index (κ3) is 8.43. The number of carbonyl (C=O) groups excluding carboxylic acids is 2. The molecule has 8 nitrogen and oxygen atoms in total. The number of nitrogens with zero attached hydrogens (tertiary/aromatic N) is 6. The van der Waals surface area contributed by atoms with E-state index in [4.69, 9.17) is 4.98 Å². The fourth-order valence-corrected chi connectivity index (χ4v) is 7.41. The van der Waals surface area contributed by atoms with Crippen molar-refractivity contribution in [2.24, 2.45) is 11.3 Å². The van der Waals surface area contributed by atoms with E-state index in [-0.39, 0.29) is 23.3 Å². The summed E-state index contributed by atoms with van der Waals surface area (Å²) < 4.78 is 2.23. The normalized spacial score (nSPS) is 16.4. The van der Waals surface area contributed by atoms with Crippen molar-refractivity contribution in [2.75, 3.05) is 25.4 Å². The van der Waals surface area contributed by atoms with Crippen molar-refractivity contribution in [3.05, 3.63) is 59.7 Å². The molecule has 0 N–H and O–H groups in total. The number of benzene rings is 2.